The fraction of sp³-hybridized carbons (Fsp3) is 0.562. The predicted molar refractivity (Wildman–Crippen MR) is 82.1 cm³/mol. The van der Waals surface area contributed by atoms with Gasteiger partial charge in [-0.15, -0.1) is 0 Å². The van der Waals surface area contributed by atoms with E-state index in [9.17, 15) is 4.79 Å². The van der Waals surface area contributed by atoms with Crippen molar-refractivity contribution in [2.45, 2.75) is 39.2 Å². The quantitative estimate of drug-likeness (QED) is 0.680. The molecular weight excluding hydrogens is 252 g/mol. The molecule has 0 aromatic heterocycles. The van der Waals surface area contributed by atoms with Crippen molar-refractivity contribution in [3.8, 4) is 5.75 Å². The van der Waals surface area contributed by atoms with Gasteiger partial charge in [0.05, 0.1) is 6.61 Å². The Morgan fingerprint density at radius 3 is 2.60 bits per heavy atom. The molecule has 112 valence electrons. The topological polar surface area (TPSA) is 50.4 Å². The molecule has 0 fully saturated rings. The first-order chi connectivity index (χ1) is 9.65. The predicted octanol–water partition coefficient (Wildman–Crippen LogP) is 2.13. The third-order valence-corrected chi connectivity index (χ3v) is 3.11. The molecule has 0 saturated carbocycles. The van der Waals surface area contributed by atoms with Gasteiger partial charge in [0.1, 0.15) is 5.75 Å². The number of ether oxygens (including phenoxy) is 1. The molecule has 0 bridgehead atoms. The average molecular weight is 278 g/mol. The molecule has 0 aliphatic rings. The van der Waals surface area contributed by atoms with Gasteiger partial charge in [-0.25, -0.2) is 0 Å². The van der Waals surface area contributed by atoms with Crippen molar-refractivity contribution in [1.29, 1.82) is 0 Å². The summed E-state index contributed by atoms with van der Waals surface area (Å²) >= 11 is 0. The summed E-state index contributed by atoms with van der Waals surface area (Å²) in [5, 5.41) is 6.00. The highest BCUT2D eigenvalue weighted by atomic mass is 16.5. The molecule has 1 atom stereocenters. The molecule has 0 aliphatic heterocycles. The van der Waals surface area contributed by atoms with Crippen molar-refractivity contribution in [3.63, 3.8) is 0 Å². The lowest BCUT2D eigenvalue weighted by Crippen LogP contribution is -2.27. The third-order valence-electron chi connectivity index (χ3n) is 3.11. The fourth-order valence-electron chi connectivity index (χ4n) is 2.04. The van der Waals surface area contributed by atoms with Crippen LogP contribution in [-0.4, -0.2) is 32.1 Å². The highest BCUT2D eigenvalue weighted by Crippen LogP contribution is 2.14. The van der Waals surface area contributed by atoms with Gasteiger partial charge >= 0.3 is 0 Å². The van der Waals surface area contributed by atoms with Gasteiger partial charge in [-0.2, -0.15) is 0 Å². The normalized spacial score (nSPS) is 11.9. The molecule has 0 radical (unpaired) electrons. The van der Waals surface area contributed by atoms with Crippen molar-refractivity contribution in [2.75, 3.05) is 20.2 Å². The summed E-state index contributed by atoms with van der Waals surface area (Å²) in [4.78, 5) is 11.1. The molecule has 1 unspecified atom stereocenters. The summed E-state index contributed by atoms with van der Waals surface area (Å²) in [6.45, 7) is 5.87. The van der Waals surface area contributed by atoms with Crippen LogP contribution in [0.1, 0.15) is 32.3 Å². The zero-order chi connectivity index (χ0) is 14.8. The van der Waals surface area contributed by atoms with E-state index in [-0.39, 0.29) is 5.91 Å². The van der Waals surface area contributed by atoms with Crippen LogP contribution in [-0.2, 0) is 11.2 Å². The molecule has 2 N–H and O–H groups in total. The van der Waals surface area contributed by atoms with Crippen LogP contribution in [0.4, 0.5) is 0 Å². The van der Waals surface area contributed by atoms with E-state index < -0.39 is 0 Å². The Morgan fingerprint density at radius 1 is 1.30 bits per heavy atom. The van der Waals surface area contributed by atoms with E-state index in [0.29, 0.717) is 19.1 Å². The van der Waals surface area contributed by atoms with E-state index in [1.807, 2.05) is 12.1 Å². The van der Waals surface area contributed by atoms with Crippen LogP contribution in [0.3, 0.4) is 0 Å². The largest absolute Gasteiger partial charge is 0.494 e. The first-order valence-corrected chi connectivity index (χ1v) is 7.31. The number of carbonyl (C=O) groups is 1. The first kappa shape index (κ1) is 16.5. The van der Waals surface area contributed by atoms with Gasteiger partial charge in [-0.05, 0) is 44.0 Å². The maximum Gasteiger partial charge on any atom is 0.219 e. The molecule has 1 rings (SSSR count). The highest BCUT2D eigenvalue weighted by Gasteiger charge is 2.02. The van der Waals surface area contributed by atoms with Gasteiger partial charge in [0, 0.05) is 19.5 Å². The SMILES string of the molecule is CCNC(C)Cc1ccc(OCCCC(=O)NC)cc1. The smallest absolute Gasteiger partial charge is 0.219 e. The molecule has 20 heavy (non-hydrogen) atoms. The summed E-state index contributed by atoms with van der Waals surface area (Å²) in [7, 11) is 1.65. The Kier molecular flexibility index (Phi) is 7.73. The number of hydrogen-bond donors (Lipinski definition) is 2. The number of carbonyl (C=O) groups excluding carboxylic acids is 1. The van der Waals surface area contributed by atoms with E-state index >= 15 is 0 Å². The molecule has 1 aromatic rings. The minimum absolute atomic E-state index is 0.0568. The number of benzene rings is 1. The Balaban J connectivity index is 2.29. The third kappa shape index (κ3) is 6.57. The Morgan fingerprint density at radius 2 is 2.00 bits per heavy atom. The van der Waals surface area contributed by atoms with E-state index in [4.69, 9.17) is 4.74 Å². The van der Waals surface area contributed by atoms with Crippen molar-refractivity contribution in [1.82, 2.24) is 10.6 Å². The Labute approximate surface area is 121 Å². The second kappa shape index (κ2) is 9.37. The zero-order valence-corrected chi connectivity index (χ0v) is 12.7. The standard InChI is InChI=1S/C16H26N2O2/c1-4-18-13(2)12-14-7-9-15(10-8-14)20-11-5-6-16(19)17-3/h7-10,13,18H,4-6,11-12H2,1-3H3,(H,17,19). The maximum absolute atomic E-state index is 11.1. The van der Waals surface area contributed by atoms with Gasteiger partial charge in [-0.3, -0.25) is 4.79 Å². The van der Waals surface area contributed by atoms with Crippen LogP contribution < -0.4 is 15.4 Å². The number of likely N-dealkylation sites (N-methyl/N-ethyl adjacent to an activating group) is 1. The lowest BCUT2D eigenvalue weighted by Gasteiger charge is -2.12. The number of amides is 1. The Hall–Kier alpha value is -1.55. The monoisotopic (exact) mass is 278 g/mol. The van der Waals surface area contributed by atoms with E-state index in [1.54, 1.807) is 7.05 Å². The van der Waals surface area contributed by atoms with Crippen molar-refractivity contribution < 1.29 is 9.53 Å². The molecule has 4 nitrogen and oxygen atoms in total. The van der Waals surface area contributed by atoms with Crippen molar-refractivity contribution in [3.05, 3.63) is 29.8 Å². The van der Waals surface area contributed by atoms with Crippen LogP contribution in [0.15, 0.2) is 24.3 Å². The lowest BCUT2D eigenvalue weighted by atomic mass is 10.1. The van der Waals surface area contributed by atoms with Gasteiger partial charge in [0.15, 0.2) is 0 Å². The first-order valence-electron chi connectivity index (χ1n) is 7.31. The molecule has 0 saturated heterocycles. The molecule has 0 aliphatic carbocycles. The fourth-order valence-corrected chi connectivity index (χ4v) is 2.04. The van der Waals surface area contributed by atoms with E-state index in [2.05, 4.69) is 36.6 Å². The lowest BCUT2D eigenvalue weighted by molar-refractivity contribution is -0.120. The molecular formula is C16H26N2O2. The van der Waals surface area contributed by atoms with Crippen LogP contribution in [0.2, 0.25) is 0 Å². The number of rotatable bonds is 9. The summed E-state index contributed by atoms with van der Waals surface area (Å²) in [6.07, 6.45) is 2.26. The highest BCUT2D eigenvalue weighted by molar-refractivity contribution is 5.75. The summed E-state index contributed by atoms with van der Waals surface area (Å²) in [6, 6.07) is 8.67. The molecule has 4 heteroatoms. The van der Waals surface area contributed by atoms with Gasteiger partial charge in [-0.1, -0.05) is 19.1 Å². The number of nitrogens with one attached hydrogen (secondary N) is 2. The van der Waals surface area contributed by atoms with E-state index in [0.717, 1.165) is 25.1 Å². The zero-order valence-electron chi connectivity index (χ0n) is 12.7. The summed E-state index contributed by atoms with van der Waals surface area (Å²) in [5.41, 5.74) is 1.30. The number of hydrogen-bond acceptors (Lipinski definition) is 3. The molecule has 1 aromatic carbocycles. The van der Waals surface area contributed by atoms with Crippen LogP contribution in [0.25, 0.3) is 0 Å². The van der Waals surface area contributed by atoms with Crippen LogP contribution in [0.5, 0.6) is 5.75 Å². The Bertz CT molecular complexity index is 390. The van der Waals surface area contributed by atoms with Gasteiger partial charge in [0.25, 0.3) is 0 Å². The van der Waals surface area contributed by atoms with Crippen LogP contribution in [0, 0.1) is 0 Å². The minimum atomic E-state index is 0.0568. The summed E-state index contributed by atoms with van der Waals surface area (Å²) in [5.74, 6) is 0.920. The molecule has 0 spiro atoms. The second-order valence-corrected chi connectivity index (χ2v) is 4.93. The van der Waals surface area contributed by atoms with Gasteiger partial charge in [0.2, 0.25) is 5.91 Å². The molecule has 0 heterocycles. The molecule has 1 amide bonds. The van der Waals surface area contributed by atoms with Crippen molar-refractivity contribution in [2.24, 2.45) is 0 Å². The summed E-state index contributed by atoms with van der Waals surface area (Å²) < 4.78 is 5.61. The van der Waals surface area contributed by atoms with E-state index in [1.165, 1.54) is 5.56 Å². The second-order valence-electron chi connectivity index (χ2n) is 4.93. The minimum Gasteiger partial charge on any atom is -0.494 e. The average Bonchev–Trinajstić information content (AvgIpc) is 2.45. The van der Waals surface area contributed by atoms with Crippen molar-refractivity contribution >= 4 is 5.91 Å². The maximum atomic E-state index is 11.1. The van der Waals surface area contributed by atoms with Crippen LogP contribution >= 0.6 is 0 Å². The van der Waals surface area contributed by atoms with Gasteiger partial charge < -0.3 is 15.4 Å².